The molecule has 0 amide bonds. The Labute approximate surface area is 77.9 Å². The summed E-state index contributed by atoms with van der Waals surface area (Å²) in [6, 6.07) is 0.691. The second kappa shape index (κ2) is 9.05. The van der Waals surface area contributed by atoms with Crippen molar-refractivity contribution >= 4 is 0 Å². The Kier molecular flexibility index (Phi) is 9.02. The molecule has 0 spiro atoms. The first-order valence-corrected chi connectivity index (χ1v) is 5.22. The van der Waals surface area contributed by atoms with E-state index >= 15 is 0 Å². The standard InChI is InChI=1S/C11H23N/c1-4-7-9-11(6-3)12-10-8-5-2/h10-12H,2,4-9H2,1,3H3. The summed E-state index contributed by atoms with van der Waals surface area (Å²) in [7, 11) is 0. The summed E-state index contributed by atoms with van der Waals surface area (Å²) in [5, 5.41) is 3.44. The van der Waals surface area contributed by atoms with E-state index in [1.165, 1.54) is 25.7 Å². The molecule has 0 aromatic heterocycles. The van der Waals surface area contributed by atoms with Gasteiger partial charge in [-0.15, -0.1) is 0 Å². The fraction of sp³-hybridized carbons (Fsp3) is 0.818. The molecule has 1 unspecified atom stereocenters. The summed E-state index contributed by atoms with van der Waals surface area (Å²) >= 11 is 0. The maximum atomic E-state index is 3.80. The normalized spacial score (nSPS) is 13.2. The minimum absolute atomic E-state index is 0.691. The lowest BCUT2D eigenvalue weighted by Crippen LogP contribution is -2.25. The first-order chi connectivity index (χ1) is 5.85. The second-order valence-corrected chi connectivity index (χ2v) is 3.26. The quantitative estimate of drug-likeness (QED) is 0.550. The van der Waals surface area contributed by atoms with Gasteiger partial charge in [-0.05, 0) is 19.3 Å². The van der Waals surface area contributed by atoms with Crippen LogP contribution in [0.15, 0.2) is 0 Å². The van der Waals surface area contributed by atoms with Crippen LogP contribution in [-0.4, -0.2) is 6.04 Å². The van der Waals surface area contributed by atoms with Gasteiger partial charge >= 0.3 is 0 Å². The fourth-order valence-corrected chi connectivity index (χ4v) is 1.21. The van der Waals surface area contributed by atoms with Crippen LogP contribution in [0.2, 0.25) is 0 Å². The van der Waals surface area contributed by atoms with Gasteiger partial charge in [-0.2, -0.15) is 0 Å². The fourth-order valence-electron chi connectivity index (χ4n) is 1.21. The van der Waals surface area contributed by atoms with Crippen LogP contribution in [0.5, 0.6) is 0 Å². The van der Waals surface area contributed by atoms with Crippen molar-refractivity contribution in [3.63, 3.8) is 0 Å². The molecule has 0 aliphatic carbocycles. The summed E-state index contributed by atoms with van der Waals surface area (Å²) in [6.45, 7) is 10.4. The van der Waals surface area contributed by atoms with Crippen LogP contribution in [0.3, 0.4) is 0 Å². The average molecular weight is 169 g/mol. The predicted octanol–water partition coefficient (Wildman–Crippen LogP) is 3.32. The molecule has 0 aliphatic heterocycles. The van der Waals surface area contributed by atoms with Gasteiger partial charge in [0.2, 0.25) is 0 Å². The molecule has 12 heavy (non-hydrogen) atoms. The van der Waals surface area contributed by atoms with Gasteiger partial charge in [-0.25, -0.2) is 0 Å². The van der Waals surface area contributed by atoms with Crippen LogP contribution in [0, 0.1) is 13.5 Å². The predicted molar refractivity (Wildman–Crippen MR) is 55.6 cm³/mol. The Balaban J connectivity index is 3.26. The first-order valence-electron chi connectivity index (χ1n) is 5.22. The van der Waals surface area contributed by atoms with Crippen molar-refractivity contribution in [3.05, 3.63) is 13.5 Å². The van der Waals surface area contributed by atoms with Crippen molar-refractivity contribution in [1.29, 1.82) is 0 Å². The Morgan fingerprint density at radius 3 is 2.67 bits per heavy atom. The molecule has 0 fully saturated rings. The molecule has 0 aromatic rings. The van der Waals surface area contributed by atoms with Crippen LogP contribution >= 0.6 is 0 Å². The molecule has 0 bridgehead atoms. The molecule has 72 valence electrons. The van der Waals surface area contributed by atoms with E-state index in [4.69, 9.17) is 0 Å². The summed E-state index contributed by atoms with van der Waals surface area (Å²) in [5.41, 5.74) is 0. The maximum absolute atomic E-state index is 3.80. The van der Waals surface area contributed by atoms with Gasteiger partial charge in [0.25, 0.3) is 0 Å². The second-order valence-electron chi connectivity index (χ2n) is 3.26. The molecule has 1 nitrogen and oxygen atoms in total. The van der Waals surface area contributed by atoms with Gasteiger partial charge in [0.1, 0.15) is 0 Å². The van der Waals surface area contributed by atoms with E-state index in [-0.39, 0.29) is 0 Å². The number of unbranched alkanes of at least 4 members (excludes halogenated alkanes) is 2. The van der Waals surface area contributed by atoms with Crippen LogP contribution in [-0.2, 0) is 0 Å². The summed E-state index contributed by atoms with van der Waals surface area (Å²) in [5.74, 6) is 0. The Bertz CT molecular complexity index is 81.1. The molecule has 0 aliphatic rings. The van der Waals surface area contributed by atoms with E-state index in [1.54, 1.807) is 0 Å². The molecule has 0 saturated carbocycles. The minimum atomic E-state index is 0.691. The summed E-state index contributed by atoms with van der Waals surface area (Å²) in [6.07, 6.45) is 7.26. The van der Waals surface area contributed by atoms with E-state index in [0.29, 0.717) is 6.04 Å². The van der Waals surface area contributed by atoms with E-state index in [9.17, 15) is 0 Å². The molecule has 0 heterocycles. The topological polar surface area (TPSA) is 12.0 Å². The molecule has 1 N–H and O–H groups in total. The van der Waals surface area contributed by atoms with Gasteiger partial charge in [0.05, 0.1) is 0 Å². The van der Waals surface area contributed by atoms with Crippen molar-refractivity contribution in [3.8, 4) is 0 Å². The zero-order chi connectivity index (χ0) is 9.23. The molecular weight excluding hydrogens is 146 g/mol. The SMILES string of the molecule is [CH2]CC[CH]NC(CC)CCCC. The molecule has 0 rings (SSSR count). The van der Waals surface area contributed by atoms with Crippen LogP contribution in [0.4, 0.5) is 0 Å². The van der Waals surface area contributed by atoms with E-state index in [0.717, 1.165) is 12.8 Å². The van der Waals surface area contributed by atoms with Crippen LogP contribution < -0.4 is 5.32 Å². The van der Waals surface area contributed by atoms with Crippen molar-refractivity contribution in [2.75, 3.05) is 0 Å². The molecule has 0 aromatic carbocycles. The molecular formula is C11H23N. The number of rotatable bonds is 8. The Hall–Kier alpha value is -0.0400. The lowest BCUT2D eigenvalue weighted by Gasteiger charge is -2.15. The third-order valence-electron chi connectivity index (χ3n) is 2.10. The van der Waals surface area contributed by atoms with Crippen molar-refractivity contribution in [2.24, 2.45) is 0 Å². The molecule has 2 radical (unpaired) electrons. The minimum Gasteiger partial charge on any atom is -0.310 e. The third kappa shape index (κ3) is 6.66. The lowest BCUT2D eigenvalue weighted by atomic mass is 10.1. The number of hydrogen-bond donors (Lipinski definition) is 1. The number of hydrogen-bond acceptors (Lipinski definition) is 1. The van der Waals surface area contributed by atoms with Gasteiger partial charge in [-0.3, -0.25) is 0 Å². The highest BCUT2D eigenvalue weighted by molar-refractivity contribution is 4.71. The highest BCUT2D eigenvalue weighted by Crippen LogP contribution is 2.04. The lowest BCUT2D eigenvalue weighted by molar-refractivity contribution is 0.480. The average Bonchev–Trinajstić information content (AvgIpc) is 2.11. The summed E-state index contributed by atoms with van der Waals surface area (Å²) in [4.78, 5) is 0. The van der Waals surface area contributed by atoms with E-state index < -0.39 is 0 Å². The molecule has 1 atom stereocenters. The van der Waals surface area contributed by atoms with Crippen LogP contribution in [0.25, 0.3) is 0 Å². The Morgan fingerprint density at radius 2 is 2.17 bits per heavy atom. The third-order valence-corrected chi connectivity index (χ3v) is 2.10. The van der Waals surface area contributed by atoms with Gasteiger partial charge in [0, 0.05) is 12.6 Å². The number of nitrogens with one attached hydrogen (secondary N) is 1. The molecule has 1 heteroatoms. The monoisotopic (exact) mass is 169 g/mol. The first kappa shape index (κ1) is 12.0. The zero-order valence-electron chi connectivity index (χ0n) is 8.60. The zero-order valence-corrected chi connectivity index (χ0v) is 8.60. The van der Waals surface area contributed by atoms with Crippen LogP contribution in [0.1, 0.15) is 52.4 Å². The highest BCUT2D eigenvalue weighted by atomic mass is 14.9. The van der Waals surface area contributed by atoms with Crippen molar-refractivity contribution < 1.29 is 0 Å². The Morgan fingerprint density at radius 1 is 1.42 bits per heavy atom. The van der Waals surface area contributed by atoms with Crippen molar-refractivity contribution in [2.45, 2.75) is 58.4 Å². The van der Waals surface area contributed by atoms with Gasteiger partial charge in [0.15, 0.2) is 0 Å². The molecule has 0 saturated heterocycles. The maximum Gasteiger partial charge on any atom is 0.0223 e. The largest absolute Gasteiger partial charge is 0.310 e. The smallest absolute Gasteiger partial charge is 0.0223 e. The van der Waals surface area contributed by atoms with E-state index in [2.05, 4.69) is 32.6 Å². The summed E-state index contributed by atoms with van der Waals surface area (Å²) < 4.78 is 0. The van der Waals surface area contributed by atoms with Gasteiger partial charge < -0.3 is 5.32 Å². The van der Waals surface area contributed by atoms with Crippen molar-refractivity contribution in [1.82, 2.24) is 5.32 Å². The van der Waals surface area contributed by atoms with Gasteiger partial charge in [-0.1, -0.05) is 40.0 Å². The van der Waals surface area contributed by atoms with E-state index in [1.807, 2.05) is 0 Å². The highest BCUT2D eigenvalue weighted by Gasteiger charge is 2.02.